The fourth-order valence-corrected chi connectivity index (χ4v) is 5.11. The van der Waals surface area contributed by atoms with Gasteiger partial charge in [0.05, 0.1) is 10.5 Å². The van der Waals surface area contributed by atoms with Crippen LogP contribution < -0.4 is 5.32 Å². The number of piperidine rings is 1. The molecular formula is C23H30ClN3O. The molecule has 0 saturated carbocycles. The van der Waals surface area contributed by atoms with Crippen molar-refractivity contribution in [3.63, 3.8) is 0 Å². The number of pyridine rings is 1. The predicted molar refractivity (Wildman–Crippen MR) is 115 cm³/mol. The van der Waals surface area contributed by atoms with Gasteiger partial charge in [-0.1, -0.05) is 31.0 Å². The zero-order chi connectivity index (χ0) is 19.5. The fourth-order valence-electron chi connectivity index (χ4n) is 4.75. The molecule has 0 unspecified atom stereocenters. The molecule has 150 valence electrons. The number of hydrogen-bond acceptors (Lipinski definition) is 3. The largest absolute Gasteiger partial charge is 0.352 e. The summed E-state index contributed by atoms with van der Waals surface area (Å²) in [5.74, 6) is -0.0222. The Bertz CT molecular complexity index is 867. The van der Waals surface area contributed by atoms with Crippen molar-refractivity contribution in [2.45, 2.75) is 64.3 Å². The van der Waals surface area contributed by atoms with Crippen molar-refractivity contribution < 1.29 is 4.79 Å². The molecule has 1 fully saturated rings. The summed E-state index contributed by atoms with van der Waals surface area (Å²) < 4.78 is 0. The van der Waals surface area contributed by atoms with E-state index in [0.29, 0.717) is 12.1 Å². The van der Waals surface area contributed by atoms with E-state index in [2.05, 4.69) is 17.1 Å². The van der Waals surface area contributed by atoms with Gasteiger partial charge in [-0.15, -0.1) is 0 Å². The van der Waals surface area contributed by atoms with Crippen LogP contribution in [0.1, 0.15) is 67.1 Å². The molecule has 0 radical (unpaired) electrons. The highest BCUT2D eigenvalue weighted by molar-refractivity contribution is 6.36. The fraction of sp³-hybridized carbons (Fsp3) is 0.565. The van der Waals surface area contributed by atoms with Crippen molar-refractivity contribution in [1.29, 1.82) is 0 Å². The van der Waals surface area contributed by atoms with Gasteiger partial charge < -0.3 is 10.2 Å². The number of likely N-dealkylation sites (tertiary alicyclic amines) is 1. The van der Waals surface area contributed by atoms with Gasteiger partial charge in [0.15, 0.2) is 0 Å². The number of halogens is 1. The molecule has 2 aliphatic rings. The van der Waals surface area contributed by atoms with Gasteiger partial charge in [0.2, 0.25) is 0 Å². The third kappa shape index (κ3) is 4.04. The standard InChI is InChI=1S/C23H30ClN3O/c1-2-17-7-3-4-13-27(17)14-6-12-25-23(28)16-10-11-19-21(15-16)26-20-9-5-8-18(20)22(19)24/h10-11,15,17H,2-9,12-14H2,1H3,(H,25,28)/t17-/m1/s1. The van der Waals surface area contributed by atoms with E-state index in [1.54, 1.807) is 0 Å². The average Bonchev–Trinajstić information content (AvgIpc) is 3.20. The molecule has 1 aromatic heterocycles. The van der Waals surface area contributed by atoms with Crippen molar-refractivity contribution in [1.82, 2.24) is 15.2 Å². The predicted octanol–water partition coefficient (Wildman–Crippen LogP) is 4.76. The highest BCUT2D eigenvalue weighted by atomic mass is 35.5. The Kier molecular flexibility index (Phi) is 6.17. The van der Waals surface area contributed by atoms with Crippen molar-refractivity contribution in [2.75, 3.05) is 19.6 Å². The molecule has 4 nitrogen and oxygen atoms in total. The molecule has 5 heteroatoms. The number of aromatic nitrogens is 1. The summed E-state index contributed by atoms with van der Waals surface area (Å²) in [4.78, 5) is 20.0. The molecule has 1 aliphatic carbocycles. The Hall–Kier alpha value is -1.65. The van der Waals surface area contributed by atoms with E-state index in [1.165, 1.54) is 37.8 Å². The molecule has 1 aliphatic heterocycles. The number of hydrogen-bond donors (Lipinski definition) is 1. The minimum Gasteiger partial charge on any atom is -0.352 e. The number of nitrogens with one attached hydrogen (secondary N) is 1. The summed E-state index contributed by atoms with van der Waals surface area (Å²) in [7, 11) is 0. The quantitative estimate of drug-likeness (QED) is 0.712. The monoisotopic (exact) mass is 399 g/mol. The normalized spacial score (nSPS) is 19.7. The van der Waals surface area contributed by atoms with Gasteiger partial charge in [0, 0.05) is 35.8 Å². The maximum atomic E-state index is 12.6. The minimum atomic E-state index is -0.0222. The summed E-state index contributed by atoms with van der Waals surface area (Å²) >= 11 is 6.57. The van der Waals surface area contributed by atoms with Crippen molar-refractivity contribution >= 4 is 28.4 Å². The van der Waals surface area contributed by atoms with E-state index < -0.39 is 0 Å². The first-order chi connectivity index (χ1) is 13.7. The topological polar surface area (TPSA) is 45.2 Å². The third-order valence-corrected chi connectivity index (χ3v) is 6.77. The van der Waals surface area contributed by atoms with Crippen LogP contribution in [0.25, 0.3) is 10.9 Å². The summed E-state index contributed by atoms with van der Waals surface area (Å²) in [6, 6.07) is 6.41. The number of benzene rings is 1. The van der Waals surface area contributed by atoms with Gasteiger partial charge in [0.25, 0.3) is 5.91 Å². The van der Waals surface area contributed by atoms with Gasteiger partial charge in [-0.2, -0.15) is 0 Å². The molecule has 0 bridgehead atoms. The SMILES string of the molecule is CC[C@@H]1CCCCN1CCCNC(=O)c1ccc2c(Cl)c3c(nc2c1)CCC3. The second-order valence-corrected chi connectivity index (χ2v) is 8.52. The Morgan fingerprint density at radius 2 is 2.18 bits per heavy atom. The lowest BCUT2D eigenvalue weighted by Gasteiger charge is -2.35. The van der Waals surface area contributed by atoms with Crippen LogP contribution in [0.2, 0.25) is 5.02 Å². The van der Waals surface area contributed by atoms with Crippen LogP contribution in [0, 0.1) is 0 Å². The second kappa shape index (κ2) is 8.79. The van der Waals surface area contributed by atoms with Crippen molar-refractivity contribution in [3.05, 3.63) is 40.0 Å². The Morgan fingerprint density at radius 1 is 1.29 bits per heavy atom. The molecule has 2 aromatic rings. The van der Waals surface area contributed by atoms with Crippen LogP contribution in [0.4, 0.5) is 0 Å². The lowest BCUT2D eigenvalue weighted by Crippen LogP contribution is -2.40. The first-order valence-electron chi connectivity index (χ1n) is 10.8. The zero-order valence-electron chi connectivity index (χ0n) is 16.8. The van der Waals surface area contributed by atoms with Crippen LogP contribution in [0.15, 0.2) is 18.2 Å². The second-order valence-electron chi connectivity index (χ2n) is 8.14. The van der Waals surface area contributed by atoms with E-state index in [4.69, 9.17) is 16.6 Å². The number of amides is 1. The first kappa shape index (κ1) is 19.7. The smallest absolute Gasteiger partial charge is 0.251 e. The number of rotatable bonds is 6. The van der Waals surface area contributed by atoms with E-state index in [9.17, 15) is 4.79 Å². The van der Waals surface area contributed by atoms with Crippen LogP contribution in [0.3, 0.4) is 0 Å². The lowest BCUT2D eigenvalue weighted by molar-refractivity contribution is 0.0947. The zero-order valence-corrected chi connectivity index (χ0v) is 17.5. The minimum absolute atomic E-state index is 0.0222. The summed E-state index contributed by atoms with van der Waals surface area (Å²) in [6.07, 6.45) is 9.30. The number of fused-ring (bicyclic) bond motifs is 2. The Morgan fingerprint density at radius 3 is 3.04 bits per heavy atom. The molecule has 1 N–H and O–H groups in total. The van der Waals surface area contributed by atoms with E-state index in [1.807, 2.05) is 18.2 Å². The van der Waals surface area contributed by atoms with E-state index >= 15 is 0 Å². The van der Waals surface area contributed by atoms with Crippen molar-refractivity contribution in [3.8, 4) is 0 Å². The molecule has 0 spiro atoms. The highest BCUT2D eigenvalue weighted by Crippen LogP contribution is 2.33. The van der Waals surface area contributed by atoms with Gasteiger partial charge in [-0.3, -0.25) is 9.78 Å². The number of carbonyl (C=O) groups excluding carboxylic acids is 1. The van der Waals surface area contributed by atoms with Crippen LogP contribution in [-0.2, 0) is 12.8 Å². The van der Waals surface area contributed by atoms with Gasteiger partial charge in [-0.05, 0) is 69.2 Å². The van der Waals surface area contributed by atoms with Gasteiger partial charge >= 0.3 is 0 Å². The average molecular weight is 400 g/mol. The summed E-state index contributed by atoms with van der Waals surface area (Å²) in [6.45, 7) is 5.26. The van der Waals surface area contributed by atoms with Gasteiger partial charge in [0.1, 0.15) is 0 Å². The molecule has 1 atom stereocenters. The first-order valence-corrected chi connectivity index (χ1v) is 11.2. The van der Waals surface area contributed by atoms with Crippen molar-refractivity contribution in [2.24, 2.45) is 0 Å². The summed E-state index contributed by atoms with van der Waals surface area (Å²) in [5.41, 5.74) is 3.78. The molecule has 1 saturated heterocycles. The maximum Gasteiger partial charge on any atom is 0.251 e. The molecular weight excluding hydrogens is 370 g/mol. The Labute approximate surface area is 172 Å². The number of aryl methyl sites for hydroxylation is 1. The van der Waals surface area contributed by atoms with E-state index in [-0.39, 0.29) is 5.91 Å². The number of nitrogens with zero attached hydrogens (tertiary/aromatic N) is 2. The maximum absolute atomic E-state index is 12.6. The molecule has 4 rings (SSSR count). The Balaban J connectivity index is 1.36. The van der Waals surface area contributed by atoms with E-state index in [0.717, 1.165) is 59.9 Å². The number of carbonyl (C=O) groups is 1. The van der Waals surface area contributed by atoms with Crippen LogP contribution in [-0.4, -0.2) is 41.5 Å². The molecule has 1 aromatic carbocycles. The molecule has 1 amide bonds. The van der Waals surface area contributed by atoms with Gasteiger partial charge in [-0.25, -0.2) is 0 Å². The van der Waals surface area contributed by atoms with Crippen LogP contribution >= 0.6 is 11.6 Å². The third-order valence-electron chi connectivity index (χ3n) is 6.33. The summed E-state index contributed by atoms with van der Waals surface area (Å²) in [5, 5.41) is 4.85. The molecule has 2 heterocycles. The van der Waals surface area contributed by atoms with Crippen LogP contribution in [0.5, 0.6) is 0 Å². The lowest BCUT2D eigenvalue weighted by atomic mass is 10.00. The molecule has 28 heavy (non-hydrogen) atoms. The highest BCUT2D eigenvalue weighted by Gasteiger charge is 2.21.